The van der Waals surface area contributed by atoms with E-state index >= 15 is 0 Å². The normalized spacial score (nSPS) is 33.1. The van der Waals surface area contributed by atoms with Gasteiger partial charge in [-0.05, 0) is 0 Å². The average Bonchev–Trinajstić information content (AvgIpc) is 2.45. The van der Waals surface area contributed by atoms with Crippen molar-refractivity contribution < 1.29 is 24.8 Å². The minimum absolute atomic E-state index is 0.194. The van der Waals surface area contributed by atoms with E-state index in [4.69, 9.17) is 21.1 Å². The number of nitrogens with zero attached hydrogens (tertiary/aromatic N) is 1. The number of halogens is 1. The first-order valence-corrected chi connectivity index (χ1v) is 6.44. The molecule has 0 spiro atoms. The van der Waals surface area contributed by atoms with Gasteiger partial charge < -0.3 is 24.8 Å². The van der Waals surface area contributed by atoms with Crippen LogP contribution >= 0.6 is 11.6 Å². The van der Waals surface area contributed by atoms with Gasteiger partial charge in [0.05, 0.1) is 6.54 Å². The van der Waals surface area contributed by atoms with E-state index in [1.807, 2.05) is 4.98 Å². The molecule has 10 heteroatoms. The second-order valence-electron chi connectivity index (χ2n) is 4.64. The first-order chi connectivity index (χ1) is 9.85. The van der Waals surface area contributed by atoms with Crippen LogP contribution in [0.5, 0.6) is 0 Å². The lowest BCUT2D eigenvalue weighted by Crippen LogP contribution is -2.59. The Labute approximate surface area is 123 Å². The molecule has 0 aliphatic carbocycles. The van der Waals surface area contributed by atoms with Gasteiger partial charge in [-0.25, -0.2) is 4.79 Å². The molecule has 0 saturated carbocycles. The van der Waals surface area contributed by atoms with E-state index in [0.717, 1.165) is 10.8 Å². The highest BCUT2D eigenvalue weighted by Crippen LogP contribution is 2.22. The van der Waals surface area contributed by atoms with Crippen LogP contribution in [0, 0.1) is 0 Å². The van der Waals surface area contributed by atoms with Crippen LogP contribution in [-0.2, 0) is 16.0 Å². The van der Waals surface area contributed by atoms with E-state index in [1.54, 1.807) is 0 Å². The lowest BCUT2D eigenvalue weighted by atomic mass is 9.99. The fourth-order valence-corrected chi connectivity index (χ4v) is 2.24. The van der Waals surface area contributed by atoms with Gasteiger partial charge in [0.15, 0.2) is 6.29 Å². The molecule has 2 rings (SSSR count). The van der Waals surface area contributed by atoms with Gasteiger partial charge in [-0.15, -0.1) is 0 Å². The average molecular weight is 323 g/mol. The van der Waals surface area contributed by atoms with Gasteiger partial charge in [0.25, 0.3) is 5.56 Å². The number of aromatic amines is 1. The van der Waals surface area contributed by atoms with Crippen LogP contribution in [0.25, 0.3) is 0 Å². The summed E-state index contributed by atoms with van der Waals surface area (Å²) in [4.78, 5) is 24.8. The highest BCUT2D eigenvalue weighted by Gasteiger charge is 2.44. The molecule has 1 aromatic heterocycles. The molecular weight excluding hydrogens is 308 g/mol. The Kier molecular flexibility index (Phi) is 4.81. The molecule has 1 fully saturated rings. The summed E-state index contributed by atoms with van der Waals surface area (Å²) in [6.07, 6.45) is -5.45. The summed E-state index contributed by atoms with van der Waals surface area (Å²) in [5.41, 5.74) is -1.47. The number of ether oxygens (including phenoxy) is 2. The first-order valence-electron chi connectivity index (χ1n) is 6.07. The third kappa shape index (κ3) is 3.18. The second kappa shape index (κ2) is 6.26. The number of nitrogens with one attached hydrogen (secondary N) is 1. The van der Waals surface area contributed by atoms with Crippen LogP contribution in [0.3, 0.4) is 0 Å². The van der Waals surface area contributed by atoms with Crippen LogP contribution in [-0.4, -0.2) is 62.7 Å². The molecule has 1 aliphatic heterocycles. The van der Waals surface area contributed by atoms with Gasteiger partial charge in [0.2, 0.25) is 0 Å². The molecule has 1 saturated heterocycles. The Balaban J connectivity index is 2.24. The molecule has 4 N–H and O–H groups in total. The van der Waals surface area contributed by atoms with Crippen LogP contribution in [0.2, 0.25) is 5.02 Å². The van der Waals surface area contributed by atoms with Crippen molar-refractivity contribution in [1.29, 1.82) is 0 Å². The topological polar surface area (TPSA) is 134 Å². The molecule has 0 aromatic carbocycles. The first kappa shape index (κ1) is 16.1. The van der Waals surface area contributed by atoms with E-state index in [-0.39, 0.29) is 11.6 Å². The Morgan fingerprint density at radius 1 is 1.33 bits per heavy atom. The standard InChI is InChI=1S/C11H15ClN2O7/c1-20-10-8(17)7(16)6(15)5(21-10)3-14-2-4(12)9(18)13-11(14)19/h2,5-8,10,15-17H,3H2,1H3,(H,13,18,19)/t5-,6-,7+,8-,10+/m1/s1. The van der Waals surface area contributed by atoms with Gasteiger partial charge in [-0.2, -0.15) is 0 Å². The summed E-state index contributed by atoms with van der Waals surface area (Å²) in [6.45, 7) is -0.194. The van der Waals surface area contributed by atoms with E-state index in [2.05, 4.69) is 0 Å². The molecular formula is C11H15ClN2O7. The van der Waals surface area contributed by atoms with Gasteiger partial charge >= 0.3 is 5.69 Å². The van der Waals surface area contributed by atoms with Gasteiger partial charge in [-0.3, -0.25) is 14.3 Å². The quantitative estimate of drug-likeness (QED) is 0.489. The zero-order valence-corrected chi connectivity index (χ0v) is 11.7. The maximum Gasteiger partial charge on any atom is 0.328 e. The maximum atomic E-state index is 11.6. The third-order valence-electron chi connectivity index (χ3n) is 3.24. The summed E-state index contributed by atoms with van der Waals surface area (Å²) in [7, 11) is 1.26. The predicted molar refractivity (Wildman–Crippen MR) is 70.0 cm³/mol. The number of H-pyrrole nitrogens is 1. The maximum absolute atomic E-state index is 11.6. The number of hydrogen-bond acceptors (Lipinski definition) is 7. The molecule has 1 aromatic rings. The number of aliphatic hydroxyl groups excluding tert-OH is 3. The van der Waals surface area contributed by atoms with Gasteiger partial charge in [0.1, 0.15) is 29.4 Å². The third-order valence-corrected chi connectivity index (χ3v) is 3.51. The highest BCUT2D eigenvalue weighted by molar-refractivity contribution is 6.30. The van der Waals surface area contributed by atoms with Crippen LogP contribution in [0.4, 0.5) is 0 Å². The fraction of sp³-hybridized carbons (Fsp3) is 0.636. The molecule has 0 unspecified atom stereocenters. The molecule has 0 radical (unpaired) electrons. The highest BCUT2D eigenvalue weighted by atomic mass is 35.5. The summed E-state index contributed by atoms with van der Waals surface area (Å²) >= 11 is 5.63. The van der Waals surface area contributed by atoms with Crippen molar-refractivity contribution in [2.75, 3.05) is 7.11 Å². The zero-order valence-electron chi connectivity index (χ0n) is 11.0. The smallest absolute Gasteiger partial charge is 0.328 e. The van der Waals surface area contributed by atoms with Crippen LogP contribution in [0.1, 0.15) is 0 Å². The lowest BCUT2D eigenvalue weighted by Gasteiger charge is -2.39. The van der Waals surface area contributed by atoms with Crippen molar-refractivity contribution in [2.24, 2.45) is 0 Å². The summed E-state index contributed by atoms with van der Waals surface area (Å²) in [5, 5.41) is 29.0. The van der Waals surface area contributed by atoms with Crippen LogP contribution in [0.15, 0.2) is 15.8 Å². The monoisotopic (exact) mass is 322 g/mol. The number of hydrogen-bond donors (Lipinski definition) is 4. The van der Waals surface area contributed by atoms with Crippen molar-refractivity contribution in [3.05, 3.63) is 32.1 Å². The largest absolute Gasteiger partial charge is 0.388 e. The molecule has 21 heavy (non-hydrogen) atoms. The van der Waals surface area contributed by atoms with E-state index < -0.39 is 42.0 Å². The van der Waals surface area contributed by atoms with E-state index in [0.29, 0.717) is 0 Å². The molecule has 9 nitrogen and oxygen atoms in total. The zero-order chi connectivity index (χ0) is 15.7. The minimum Gasteiger partial charge on any atom is -0.388 e. The lowest BCUT2D eigenvalue weighted by molar-refractivity contribution is -0.291. The van der Waals surface area contributed by atoms with Crippen molar-refractivity contribution in [3.8, 4) is 0 Å². The minimum atomic E-state index is -1.50. The van der Waals surface area contributed by atoms with Gasteiger partial charge in [0, 0.05) is 13.3 Å². The predicted octanol–water partition coefficient (Wildman–Crippen LogP) is -2.36. The van der Waals surface area contributed by atoms with Crippen molar-refractivity contribution in [3.63, 3.8) is 0 Å². The number of rotatable bonds is 3. The number of aliphatic hydroxyl groups is 3. The Hall–Kier alpha value is -1.23. The molecule has 1 aliphatic rings. The molecule has 118 valence electrons. The van der Waals surface area contributed by atoms with E-state index in [9.17, 15) is 24.9 Å². The Bertz CT molecular complexity index is 613. The SMILES string of the molecule is CO[C@H]1O[C@H](Cn2cc(Cl)c(=O)[nH]c2=O)[C@@H](O)[C@H](O)[C@H]1O. The number of methoxy groups -OCH3 is 1. The Morgan fingerprint density at radius 3 is 2.62 bits per heavy atom. The summed E-state index contributed by atoms with van der Waals surface area (Å²) in [5.74, 6) is 0. The molecule has 2 heterocycles. The molecule has 0 bridgehead atoms. The van der Waals surface area contributed by atoms with Gasteiger partial charge in [-0.1, -0.05) is 11.6 Å². The Morgan fingerprint density at radius 2 is 2.00 bits per heavy atom. The van der Waals surface area contributed by atoms with Crippen LogP contribution < -0.4 is 11.2 Å². The fourth-order valence-electron chi connectivity index (χ4n) is 2.07. The number of aromatic nitrogens is 2. The summed E-state index contributed by atoms with van der Waals surface area (Å²) < 4.78 is 11.2. The summed E-state index contributed by atoms with van der Waals surface area (Å²) in [6, 6.07) is 0. The second-order valence-corrected chi connectivity index (χ2v) is 5.05. The van der Waals surface area contributed by atoms with Crippen molar-refractivity contribution >= 4 is 11.6 Å². The van der Waals surface area contributed by atoms with Crippen molar-refractivity contribution in [1.82, 2.24) is 9.55 Å². The van der Waals surface area contributed by atoms with E-state index in [1.165, 1.54) is 7.11 Å². The van der Waals surface area contributed by atoms with Crippen molar-refractivity contribution in [2.45, 2.75) is 37.3 Å². The molecule has 5 atom stereocenters. The molecule has 0 amide bonds.